The number of halogens is 1. The van der Waals surface area contributed by atoms with Crippen molar-refractivity contribution >= 4 is 39.7 Å². The molecule has 2 aromatic heterocycles. The Balaban J connectivity index is 1.31. The number of nitrogens with one attached hydrogen (secondary N) is 2. The number of ether oxygens (including phenoxy) is 1. The lowest BCUT2D eigenvalue weighted by molar-refractivity contribution is -0.120. The van der Waals surface area contributed by atoms with Gasteiger partial charge in [0.1, 0.15) is 11.9 Å². The molecule has 1 atom stereocenters. The minimum absolute atomic E-state index is 0.0454. The van der Waals surface area contributed by atoms with E-state index < -0.39 is 0 Å². The highest BCUT2D eigenvalue weighted by atomic mass is 35.5. The van der Waals surface area contributed by atoms with Crippen molar-refractivity contribution in [3.8, 4) is 16.9 Å². The highest BCUT2D eigenvalue weighted by Crippen LogP contribution is 2.41. The number of aromatic nitrogens is 2. The summed E-state index contributed by atoms with van der Waals surface area (Å²) in [5.41, 5.74) is 5.01. The van der Waals surface area contributed by atoms with Gasteiger partial charge in [0.05, 0.1) is 23.7 Å². The van der Waals surface area contributed by atoms with E-state index in [4.69, 9.17) is 16.3 Å². The van der Waals surface area contributed by atoms with Crippen LogP contribution in [0.25, 0.3) is 22.0 Å². The molecular weight excluding hydrogens is 418 g/mol. The maximum Gasteiger partial charge on any atom is 0.226 e. The Labute approximate surface area is 183 Å². The number of H-pyrrole nitrogens is 1. The van der Waals surface area contributed by atoms with E-state index in [1.54, 1.807) is 11.3 Å². The van der Waals surface area contributed by atoms with Crippen LogP contribution < -0.4 is 10.1 Å². The van der Waals surface area contributed by atoms with Crippen molar-refractivity contribution < 1.29 is 9.53 Å². The summed E-state index contributed by atoms with van der Waals surface area (Å²) in [6, 6.07) is 12.2. The molecule has 1 aliphatic heterocycles. The molecule has 3 heterocycles. The molecular formula is C23H20ClN3O2S. The quantitative estimate of drug-likeness (QED) is 0.466. The highest BCUT2D eigenvalue weighted by Gasteiger charge is 2.27. The number of fused-ring (bicyclic) bond motifs is 2. The number of thiazole rings is 1. The van der Waals surface area contributed by atoms with E-state index in [1.807, 2.05) is 36.7 Å². The van der Waals surface area contributed by atoms with Crippen molar-refractivity contribution in [3.63, 3.8) is 0 Å². The van der Waals surface area contributed by atoms with Crippen LogP contribution in [0.5, 0.6) is 5.75 Å². The van der Waals surface area contributed by atoms with Gasteiger partial charge in [-0.25, -0.2) is 4.98 Å². The molecule has 0 fully saturated rings. The molecule has 4 aromatic rings. The topological polar surface area (TPSA) is 67.0 Å². The van der Waals surface area contributed by atoms with Gasteiger partial charge in [0, 0.05) is 39.7 Å². The molecule has 30 heavy (non-hydrogen) atoms. The van der Waals surface area contributed by atoms with Crippen LogP contribution in [0.1, 0.15) is 16.3 Å². The number of amides is 1. The lowest BCUT2D eigenvalue weighted by Gasteiger charge is -2.14. The van der Waals surface area contributed by atoms with Crippen molar-refractivity contribution in [1.82, 2.24) is 15.3 Å². The summed E-state index contributed by atoms with van der Waals surface area (Å²) in [6.07, 6.45) is 2.82. The van der Waals surface area contributed by atoms with Crippen LogP contribution in [0.3, 0.4) is 0 Å². The SMILES string of the molecule is Cc1nc(CC(=O)NCC2Cc3cc(Cl)cc(-c4ccc5[nH]ccc5c4)c3O2)cs1. The lowest BCUT2D eigenvalue weighted by Crippen LogP contribution is -2.35. The molecule has 0 bridgehead atoms. The minimum Gasteiger partial charge on any atom is -0.487 e. The van der Waals surface area contributed by atoms with Gasteiger partial charge in [0.25, 0.3) is 0 Å². The molecule has 5 rings (SSSR count). The van der Waals surface area contributed by atoms with Gasteiger partial charge in [-0.05, 0) is 48.2 Å². The third-order valence-corrected chi connectivity index (χ3v) is 6.30. The fourth-order valence-electron chi connectivity index (χ4n) is 3.89. The van der Waals surface area contributed by atoms with Gasteiger partial charge in [-0.2, -0.15) is 0 Å². The van der Waals surface area contributed by atoms with Gasteiger partial charge in [-0.15, -0.1) is 11.3 Å². The van der Waals surface area contributed by atoms with Gasteiger partial charge in [-0.1, -0.05) is 17.7 Å². The fourth-order valence-corrected chi connectivity index (χ4v) is 4.74. The van der Waals surface area contributed by atoms with Crippen molar-refractivity contribution in [3.05, 3.63) is 69.3 Å². The first-order chi connectivity index (χ1) is 14.5. The predicted molar refractivity (Wildman–Crippen MR) is 120 cm³/mol. The second-order valence-electron chi connectivity index (χ2n) is 7.50. The summed E-state index contributed by atoms with van der Waals surface area (Å²) in [7, 11) is 0. The second kappa shape index (κ2) is 7.78. The Hall–Kier alpha value is -2.83. The Morgan fingerprint density at radius 2 is 2.23 bits per heavy atom. The van der Waals surface area contributed by atoms with Gasteiger partial charge in [0.15, 0.2) is 0 Å². The number of nitrogens with zero attached hydrogens (tertiary/aromatic N) is 1. The van der Waals surface area contributed by atoms with E-state index >= 15 is 0 Å². The molecule has 1 unspecified atom stereocenters. The Kier molecular flexibility index (Phi) is 4.97. The molecule has 0 saturated carbocycles. The van der Waals surface area contributed by atoms with Crippen molar-refractivity contribution in [2.75, 3.05) is 6.54 Å². The molecule has 2 aromatic carbocycles. The highest BCUT2D eigenvalue weighted by molar-refractivity contribution is 7.09. The lowest BCUT2D eigenvalue weighted by atomic mass is 9.99. The minimum atomic E-state index is -0.116. The summed E-state index contributed by atoms with van der Waals surface area (Å²) in [4.78, 5) is 19.8. The number of rotatable bonds is 5. The van der Waals surface area contributed by atoms with Crippen molar-refractivity contribution in [1.29, 1.82) is 0 Å². The second-order valence-corrected chi connectivity index (χ2v) is 9.00. The van der Waals surface area contributed by atoms with Gasteiger partial charge in [-0.3, -0.25) is 4.79 Å². The number of aryl methyl sites for hydroxylation is 1. The van der Waals surface area contributed by atoms with E-state index in [1.165, 1.54) is 0 Å². The van der Waals surface area contributed by atoms with E-state index in [0.29, 0.717) is 18.0 Å². The summed E-state index contributed by atoms with van der Waals surface area (Å²) in [6.45, 7) is 2.39. The van der Waals surface area contributed by atoms with Crippen molar-refractivity contribution in [2.24, 2.45) is 0 Å². The van der Waals surface area contributed by atoms with Crippen molar-refractivity contribution in [2.45, 2.75) is 25.9 Å². The number of carbonyl (C=O) groups excluding carboxylic acids is 1. The van der Waals surface area contributed by atoms with Crippen LogP contribution in [0, 0.1) is 6.92 Å². The average molecular weight is 438 g/mol. The zero-order valence-electron chi connectivity index (χ0n) is 16.4. The predicted octanol–water partition coefficient (Wildman–Crippen LogP) is 4.92. The van der Waals surface area contributed by atoms with Crippen LogP contribution in [0.15, 0.2) is 48.0 Å². The normalized spacial score (nSPS) is 15.2. The van der Waals surface area contributed by atoms with Crippen LogP contribution in [0.2, 0.25) is 5.02 Å². The third kappa shape index (κ3) is 3.80. The molecule has 0 saturated heterocycles. The van der Waals surface area contributed by atoms with Crippen LogP contribution in [0.4, 0.5) is 0 Å². The molecule has 1 aliphatic rings. The standard InChI is InChI=1S/C23H20ClN3O2S/c1-13-27-18(12-30-13)10-22(28)26-11-19-8-16-7-17(24)9-20(23(16)29-19)14-2-3-21-15(6-14)4-5-25-21/h2-7,9,12,19,25H,8,10-11H2,1H3,(H,26,28). The third-order valence-electron chi connectivity index (χ3n) is 5.26. The smallest absolute Gasteiger partial charge is 0.226 e. The van der Waals surface area contributed by atoms with Gasteiger partial charge >= 0.3 is 0 Å². The molecule has 0 radical (unpaired) electrons. The largest absolute Gasteiger partial charge is 0.487 e. The molecule has 2 N–H and O–H groups in total. The molecule has 5 nitrogen and oxygen atoms in total. The van der Waals surface area contributed by atoms with Gasteiger partial charge in [0.2, 0.25) is 5.91 Å². The summed E-state index contributed by atoms with van der Waals surface area (Å²) in [5, 5.41) is 7.69. The Morgan fingerprint density at radius 1 is 1.33 bits per heavy atom. The molecule has 0 spiro atoms. The zero-order chi connectivity index (χ0) is 20.7. The zero-order valence-corrected chi connectivity index (χ0v) is 17.9. The Morgan fingerprint density at radius 3 is 3.07 bits per heavy atom. The molecule has 0 aliphatic carbocycles. The number of hydrogen-bond donors (Lipinski definition) is 2. The Bertz CT molecular complexity index is 1250. The monoisotopic (exact) mass is 437 g/mol. The van der Waals surface area contributed by atoms with Crippen LogP contribution >= 0.6 is 22.9 Å². The van der Waals surface area contributed by atoms with E-state index in [0.717, 1.165) is 44.0 Å². The van der Waals surface area contributed by atoms with Gasteiger partial charge < -0.3 is 15.0 Å². The maximum absolute atomic E-state index is 12.3. The first kappa shape index (κ1) is 19.2. The number of benzene rings is 2. The first-order valence-electron chi connectivity index (χ1n) is 9.79. The van der Waals surface area contributed by atoms with Crippen LogP contribution in [-0.4, -0.2) is 28.5 Å². The number of aromatic amines is 1. The number of hydrogen-bond acceptors (Lipinski definition) is 4. The average Bonchev–Trinajstić information content (AvgIpc) is 3.44. The summed E-state index contributed by atoms with van der Waals surface area (Å²) >= 11 is 7.96. The first-order valence-corrected chi connectivity index (χ1v) is 11.1. The molecule has 1 amide bonds. The summed E-state index contributed by atoms with van der Waals surface area (Å²) < 4.78 is 6.25. The van der Waals surface area contributed by atoms with Crippen LogP contribution in [-0.2, 0) is 17.6 Å². The van der Waals surface area contributed by atoms with E-state index in [9.17, 15) is 4.79 Å². The molecule has 152 valence electrons. The van der Waals surface area contributed by atoms with E-state index in [-0.39, 0.29) is 18.4 Å². The fraction of sp³-hybridized carbons (Fsp3) is 0.217. The molecule has 7 heteroatoms. The summed E-state index contributed by atoms with van der Waals surface area (Å²) in [5.74, 6) is 0.805. The number of carbonyl (C=O) groups is 1. The van der Waals surface area contributed by atoms with E-state index in [2.05, 4.69) is 33.5 Å². The maximum atomic E-state index is 12.3.